The maximum Gasteiger partial charge on any atom is 0.265 e. The number of hydrogen-bond acceptors (Lipinski definition) is 6. The number of fused-ring (bicyclic) bond motifs is 12. The average Bonchev–Trinajstić information content (AvgIpc) is 4.29. The van der Waals surface area contributed by atoms with E-state index < -0.39 is 23.9 Å². The van der Waals surface area contributed by atoms with Crippen molar-refractivity contribution in [3.63, 3.8) is 0 Å². The van der Waals surface area contributed by atoms with Crippen LogP contribution in [0.1, 0.15) is 64.2 Å². The Morgan fingerprint density at radius 1 is 0.312 bits per heavy atom. The number of aromatic carboxylic acids is 4. The summed E-state index contributed by atoms with van der Waals surface area (Å²) in [5.74, 6) is -3.76. The number of nitrogens with zero attached hydrogens (tertiary/aromatic N) is 2. The van der Waals surface area contributed by atoms with Crippen LogP contribution in [-0.2, 0) is 27.3 Å². The van der Waals surface area contributed by atoms with Crippen molar-refractivity contribution in [1.29, 1.82) is 0 Å². The summed E-state index contributed by atoms with van der Waals surface area (Å²) in [6.45, 7) is 0. The van der Waals surface area contributed by atoms with Crippen LogP contribution in [0.3, 0.4) is 0 Å². The second kappa shape index (κ2) is 25.0. The zero-order valence-electron chi connectivity index (χ0n) is 40.8. The smallest absolute Gasteiger partial charge is 0.265 e. The van der Waals surface area contributed by atoms with Crippen molar-refractivity contribution in [3.05, 3.63) is 263 Å². The molecule has 13 rings (SSSR count). The van der Waals surface area contributed by atoms with Gasteiger partial charge in [-0.15, -0.1) is 119 Å². The number of hydrogen-bond donors (Lipinski definition) is 6. The Morgan fingerprint density at radius 3 is 0.831 bits per heavy atom. The summed E-state index contributed by atoms with van der Waals surface area (Å²) >= 11 is 0. The van der Waals surface area contributed by atoms with Gasteiger partial charge in [0.05, 0.1) is 22.8 Å². The molecule has 2 aliphatic heterocycles. The Morgan fingerprint density at radius 2 is 0.558 bits per heavy atom. The van der Waals surface area contributed by atoms with Gasteiger partial charge in [0.25, 0.3) is 23.9 Å². The van der Waals surface area contributed by atoms with E-state index in [1.807, 2.05) is 140 Å². The van der Waals surface area contributed by atoms with E-state index in [1.54, 1.807) is 48.5 Å². The molecule has 8 aromatic carbocycles. The maximum absolute atomic E-state index is 10.6. The van der Waals surface area contributed by atoms with Gasteiger partial charge in [0.1, 0.15) is 0 Å². The number of carboxylic acids is 4. The van der Waals surface area contributed by atoms with Gasteiger partial charge in [-0.2, -0.15) is 0 Å². The molecule has 0 fully saturated rings. The molecule has 0 unspecified atom stereocenters. The minimum Gasteiger partial charge on any atom is -0.513 e. The molecular formula is C64H42CdN4O8-4. The third-order valence-electron chi connectivity index (χ3n) is 11.6. The number of aromatic amines is 2. The largest absolute Gasteiger partial charge is 0.513 e. The fourth-order valence-electron chi connectivity index (χ4n) is 7.91. The van der Waals surface area contributed by atoms with Crippen molar-refractivity contribution in [3.8, 4) is 0 Å². The third kappa shape index (κ3) is 14.3. The molecule has 0 aliphatic carbocycles. The molecule has 6 N–H and O–H groups in total. The van der Waals surface area contributed by atoms with Gasteiger partial charge in [-0.1, -0.05) is 94.3 Å². The molecule has 3 aromatic heterocycles. The molecule has 2 aliphatic rings. The Kier molecular flexibility index (Phi) is 17.3. The third-order valence-corrected chi connectivity index (χ3v) is 11.6. The maximum atomic E-state index is 10.6. The fourth-order valence-corrected chi connectivity index (χ4v) is 7.91. The van der Waals surface area contributed by atoms with Gasteiger partial charge < -0.3 is 30.4 Å². The predicted molar refractivity (Wildman–Crippen MR) is 298 cm³/mol. The van der Waals surface area contributed by atoms with E-state index in [1.165, 1.54) is 0 Å². The Labute approximate surface area is 460 Å². The minimum absolute atomic E-state index is 0. The topological polar surface area (TPSA) is 207 Å². The van der Waals surface area contributed by atoms with Crippen LogP contribution in [0.15, 0.2) is 194 Å². The Hall–Kier alpha value is -9.80. The first-order chi connectivity index (χ1) is 36.9. The average molecular weight is 1110 g/mol. The summed E-state index contributed by atoms with van der Waals surface area (Å²) < 4.78 is 0. The molecule has 77 heavy (non-hydrogen) atoms. The molecular weight excluding hydrogens is 1070 g/mol. The monoisotopic (exact) mass is 1110 g/mol. The Balaban J connectivity index is 0.000000131. The first-order valence-electron chi connectivity index (χ1n) is 23.5. The summed E-state index contributed by atoms with van der Waals surface area (Å²) in [6.07, 6.45) is 8.05. The molecule has 0 saturated carbocycles. The van der Waals surface area contributed by atoms with Crippen LogP contribution in [0, 0.1) is 24.3 Å². The summed E-state index contributed by atoms with van der Waals surface area (Å²) in [5, 5.41) is 42.2. The van der Waals surface area contributed by atoms with E-state index in [4.69, 9.17) is 20.4 Å². The van der Waals surface area contributed by atoms with Gasteiger partial charge in [-0.25, -0.2) is 9.97 Å². The zero-order valence-corrected chi connectivity index (χ0v) is 44.8. The normalized spacial score (nSPS) is 10.8. The summed E-state index contributed by atoms with van der Waals surface area (Å²) in [4.78, 5) is 58.5. The number of aromatic nitrogens is 4. The number of nitrogens with one attached hydrogen (secondary N) is 2. The van der Waals surface area contributed by atoms with Gasteiger partial charge in [0.2, 0.25) is 0 Å². The van der Waals surface area contributed by atoms with E-state index >= 15 is 0 Å². The van der Waals surface area contributed by atoms with Crippen molar-refractivity contribution < 1.29 is 66.9 Å². The molecule has 5 heterocycles. The minimum atomic E-state index is -0.939. The van der Waals surface area contributed by atoms with Crippen LogP contribution in [0.2, 0.25) is 0 Å². The van der Waals surface area contributed by atoms with Gasteiger partial charge in [0.15, 0.2) is 0 Å². The predicted octanol–water partition coefficient (Wildman–Crippen LogP) is 14.0. The summed E-state index contributed by atoms with van der Waals surface area (Å²) in [6, 6.07) is 71.3. The van der Waals surface area contributed by atoms with Gasteiger partial charge in [-0.05, 0) is 95.1 Å². The molecule has 0 radical (unpaired) electrons. The zero-order chi connectivity index (χ0) is 53.0. The second-order valence-electron chi connectivity index (χ2n) is 17.0. The standard InChI is InChI=1S/C20H14N4.4C11H7O2.Cd/c1-2-14-10-16-5-6-18(23-16)12-20-8-7-19(24-20)11-17-4-3-15(22-17)9-13(1)21-14;4*12-11(13)10-6-5-8-3-1-2-4-9(8)7-10;/h1-12,21-22H;4*1-6H,(H,12,13);/q;4*-1;. The van der Waals surface area contributed by atoms with Crippen molar-refractivity contribution >= 4 is 113 Å². The number of rotatable bonds is 4. The number of carbonyl (C=O) groups is 4. The van der Waals surface area contributed by atoms with Gasteiger partial charge in [-0.3, -0.25) is 19.2 Å². The molecule has 13 heteroatoms. The summed E-state index contributed by atoms with van der Waals surface area (Å²) in [7, 11) is 0. The Bertz CT molecular complexity index is 3790. The quantitative estimate of drug-likeness (QED) is 0.0726. The molecule has 0 atom stereocenters. The SMILES string of the molecule is C1=Cc2cc3ccc(cc4ccc(cc5nc(cc1n2)C=C5)[nH]4)[nH]3.O=C(O)c1[c-]c2ccccc2cc1.O=C(O)c1[c-]c2ccccc2cc1.O=C(O)c1[c-]c2ccccc2cc1.O=C(O)c1[c-]c2ccccc2cc1.[Cd]. The molecule has 8 bridgehead atoms. The molecule has 0 saturated heterocycles. The van der Waals surface area contributed by atoms with Crippen molar-refractivity contribution in [2.24, 2.45) is 0 Å². The van der Waals surface area contributed by atoms with E-state index in [0.29, 0.717) is 0 Å². The molecule has 372 valence electrons. The van der Waals surface area contributed by atoms with Crippen molar-refractivity contribution in [2.45, 2.75) is 0 Å². The number of carboxylic acid groups (broad SMARTS) is 4. The first kappa shape index (κ1) is 53.5. The van der Waals surface area contributed by atoms with Crippen molar-refractivity contribution in [1.82, 2.24) is 19.9 Å². The number of H-pyrrole nitrogens is 2. The van der Waals surface area contributed by atoms with E-state index in [2.05, 4.69) is 74.5 Å². The van der Waals surface area contributed by atoms with Crippen LogP contribution in [0.5, 0.6) is 0 Å². The molecule has 0 spiro atoms. The van der Waals surface area contributed by atoms with E-state index in [0.717, 1.165) is 87.9 Å². The van der Waals surface area contributed by atoms with Gasteiger partial charge >= 0.3 is 0 Å². The number of benzene rings is 8. The fraction of sp³-hybridized carbons (Fsp3) is 0. The van der Waals surface area contributed by atoms with E-state index in [9.17, 15) is 19.2 Å². The van der Waals surface area contributed by atoms with Crippen LogP contribution in [-0.4, -0.2) is 64.2 Å². The molecule has 12 nitrogen and oxygen atoms in total. The van der Waals surface area contributed by atoms with Crippen LogP contribution >= 0.6 is 0 Å². The van der Waals surface area contributed by atoms with Crippen LogP contribution in [0.25, 0.3) is 89.5 Å². The second-order valence-corrected chi connectivity index (χ2v) is 17.0. The summed E-state index contributed by atoms with van der Waals surface area (Å²) in [5.41, 5.74) is 8.69. The molecule has 11 aromatic rings. The van der Waals surface area contributed by atoms with Gasteiger partial charge in [0, 0.05) is 49.4 Å². The van der Waals surface area contributed by atoms with Crippen LogP contribution in [0.4, 0.5) is 0 Å². The molecule has 0 amide bonds. The van der Waals surface area contributed by atoms with Crippen LogP contribution < -0.4 is 0 Å². The first-order valence-corrected chi connectivity index (χ1v) is 23.5. The van der Waals surface area contributed by atoms with Crippen molar-refractivity contribution in [2.75, 3.05) is 0 Å². The van der Waals surface area contributed by atoms with E-state index in [-0.39, 0.29) is 49.6 Å².